The average molecular weight is 336 g/mol. The highest BCUT2D eigenvalue weighted by atomic mass is 16.6. The van der Waals surface area contributed by atoms with Gasteiger partial charge in [0.25, 0.3) is 11.8 Å². The van der Waals surface area contributed by atoms with E-state index in [0.29, 0.717) is 11.5 Å². The Balaban J connectivity index is 1.89. The summed E-state index contributed by atoms with van der Waals surface area (Å²) in [5, 5.41) is 2.31. The number of benzene rings is 1. The van der Waals surface area contributed by atoms with Crippen LogP contribution in [0.4, 0.5) is 4.79 Å². The Bertz CT molecular complexity index is 634. The maximum atomic E-state index is 12.1. The fraction of sp³-hybridized carbons (Fsp3) is 0.400. The molecule has 0 saturated carbocycles. The van der Waals surface area contributed by atoms with Crippen LogP contribution in [0.5, 0.6) is 11.5 Å². The van der Waals surface area contributed by atoms with Gasteiger partial charge >= 0.3 is 6.03 Å². The zero-order valence-corrected chi connectivity index (χ0v) is 13.4. The first-order chi connectivity index (χ1) is 11.4. The van der Waals surface area contributed by atoms with Crippen molar-refractivity contribution < 1.29 is 23.9 Å². The Labute approximate surface area is 138 Å². The molecule has 9 nitrogen and oxygen atoms in total. The van der Waals surface area contributed by atoms with Crippen molar-refractivity contribution in [3.63, 3.8) is 0 Å². The predicted octanol–water partition coefficient (Wildman–Crippen LogP) is -0.333. The molecule has 0 spiro atoms. The van der Waals surface area contributed by atoms with Crippen molar-refractivity contribution >= 4 is 17.8 Å². The van der Waals surface area contributed by atoms with Gasteiger partial charge in [0.2, 0.25) is 6.10 Å². The lowest BCUT2D eigenvalue weighted by Crippen LogP contribution is -2.57. The molecule has 1 heterocycles. The van der Waals surface area contributed by atoms with Gasteiger partial charge in [-0.05, 0) is 18.1 Å². The Morgan fingerprint density at radius 2 is 1.83 bits per heavy atom. The Morgan fingerprint density at radius 3 is 2.46 bits per heavy atom. The van der Waals surface area contributed by atoms with E-state index in [0.717, 1.165) is 0 Å². The van der Waals surface area contributed by atoms with Gasteiger partial charge in [-0.1, -0.05) is 26.0 Å². The van der Waals surface area contributed by atoms with E-state index in [2.05, 4.69) is 16.2 Å². The SMILES string of the molecule is CC(C)[C@@H](NC(N)=O)C(=O)NNC(=O)[C@H]1COc2ccccc2O1. The molecule has 0 unspecified atom stereocenters. The molecule has 4 amide bonds. The summed E-state index contributed by atoms with van der Waals surface area (Å²) < 4.78 is 11.0. The van der Waals surface area contributed by atoms with Crippen LogP contribution in [0.2, 0.25) is 0 Å². The highest BCUT2D eigenvalue weighted by Crippen LogP contribution is 2.30. The van der Waals surface area contributed by atoms with Gasteiger partial charge < -0.3 is 20.5 Å². The smallest absolute Gasteiger partial charge is 0.312 e. The first-order valence-corrected chi connectivity index (χ1v) is 7.42. The van der Waals surface area contributed by atoms with Crippen LogP contribution in [0, 0.1) is 5.92 Å². The van der Waals surface area contributed by atoms with Crippen LogP contribution in [-0.2, 0) is 9.59 Å². The largest absolute Gasteiger partial charge is 0.485 e. The number of nitrogens with one attached hydrogen (secondary N) is 3. The number of hydrazine groups is 1. The lowest BCUT2D eigenvalue weighted by molar-refractivity contribution is -0.135. The van der Waals surface area contributed by atoms with Crippen molar-refractivity contribution in [1.29, 1.82) is 0 Å². The number of fused-ring (bicyclic) bond motifs is 1. The molecule has 0 fully saturated rings. The summed E-state index contributed by atoms with van der Waals surface area (Å²) in [4.78, 5) is 35.0. The van der Waals surface area contributed by atoms with Crippen LogP contribution in [-0.4, -0.2) is 36.6 Å². The molecule has 0 aliphatic carbocycles. The maximum absolute atomic E-state index is 12.1. The van der Waals surface area contributed by atoms with E-state index in [1.807, 2.05) is 0 Å². The number of carbonyl (C=O) groups excluding carboxylic acids is 3. The van der Waals surface area contributed by atoms with Crippen LogP contribution in [0.1, 0.15) is 13.8 Å². The van der Waals surface area contributed by atoms with Crippen LogP contribution >= 0.6 is 0 Å². The Morgan fingerprint density at radius 1 is 1.17 bits per heavy atom. The van der Waals surface area contributed by atoms with Gasteiger partial charge in [0.15, 0.2) is 11.5 Å². The van der Waals surface area contributed by atoms with Crippen molar-refractivity contribution in [1.82, 2.24) is 16.2 Å². The fourth-order valence-corrected chi connectivity index (χ4v) is 2.12. The number of ether oxygens (including phenoxy) is 2. The van der Waals surface area contributed by atoms with Gasteiger partial charge in [0.1, 0.15) is 12.6 Å². The number of hydrogen-bond acceptors (Lipinski definition) is 5. The minimum absolute atomic E-state index is 0.0197. The summed E-state index contributed by atoms with van der Waals surface area (Å²) in [5.74, 6) is -0.369. The van der Waals surface area contributed by atoms with Gasteiger partial charge in [-0.15, -0.1) is 0 Å². The molecule has 1 aromatic carbocycles. The monoisotopic (exact) mass is 336 g/mol. The van der Waals surface area contributed by atoms with E-state index < -0.39 is 30.0 Å². The predicted molar refractivity (Wildman–Crippen MR) is 84.0 cm³/mol. The summed E-state index contributed by atoms with van der Waals surface area (Å²) in [6.45, 7) is 3.49. The zero-order chi connectivity index (χ0) is 17.7. The Kier molecular flexibility index (Phi) is 5.46. The second-order valence-electron chi connectivity index (χ2n) is 5.57. The summed E-state index contributed by atoms with van der Waals surface area (Å²) in [5.41, 5.74) is 9.54. The van der Waals surface area contributed by atoms with E-state index in [1.54, 1.807) is 38.1 Å². The highest BCUT2D eigenvalue weighted by Gasteiger charge is 2.29. The molecule has 0 radical (unpaired) electrons. The number of urea groups is 1. The van der Waals surface area contributed by atoms with Crippen molar-refractivity contribution in [2.75, 3.05) is 6.61 Å². The van der Waals surface area contributed by atoms with Crippen LogP contribution < -0.4 is 31.4 Å². The topological polar surface area (TPSA) is 132 Å². The molecule has 1 aromatic rings. The lowest BCUT2D eigenvalue weighted by atomic mass is 10.0. The standard InChI is InChI=1S/C15H20N4O5/c1-8(2)12(17-15(16)22)14(21)19-18-13(20)11-7-23-9-5-3-4-6-10(9)24-11/h3-6,8,11-12H,7H2,1-2H3,(H,18,20)(H,19,21)(H3,16,17,22)/t11-,12-/m1/s1. The normalized spacial score (nSPS) is 16.9. The quantitative estimate of drug-likeness (QED) is 0.559. The van der Waals surface area contributed by atoms with Gasteiger partial charge in [-0.2, -0.15) is 0 Å². The van der Waals surface area contributed by atoms with E-state index in [-0.39, 0.29) is 12.5 Å². The highest BCUT2D eigenvalue weighted by molar-refractivity contribution is 5.89. The minimum atomic E-state index is -0.901. The first kappa shape index (κ1) is 17.4. The van der Waals surface area contributed by atoms with Crippen molar-refractivity contribution in [2.45, 2.75) is 26.0 Å². The molecule has 9 heteroatoms. The minimum Gasteiger partial charge on any atom is -0.485 e. The van der Waals surface area contributed by atoms with Gasteiger partial charge in [0, 0.05) is 0 Å². The molecule has 0 aromatic heterocycles. The van der Waals surface area contributed by atoms with Crippen molar-refractivity contribution in [3.8, 4) is 11.5 Å². The van der Waals surface area contributed by atoms with E-state index in [9.17, 15) is 14.4 Å². The molecule has 2 rings (SSSR count). The zero-order valence-electron chi connectivity index (χ0n) is 13.4. The molecule has 1 aliphatic heterocycles. The van der Waals surface area contributed by atoms with Gasteiger partial charge in [-0.25, -0.2) is 4.79 Å². The number of amides is 4. The van der Waals surface area contributed by atoms with Crippen molar-refractivity contribution in [3.05, 3.63) is 24.3 Å². The number of primary amides is 1. The van der Waals surface area contributed by atoms with Crippen LogP contribution in [0.15, 0.2) is 24.3 Å². The van der Waals surface area contributed by atoms with E-state index in [4.69, 9.17) is 15.2 Å². The number of hydrogen-bond donors (Lipinski definition) is 4. The third-order valence-electron chi connectivity index (χ3n) is 3.36. The molecule has 2 atom stereocenters. The molecular weight excluding hydrogens is 316 g/mol. The Hall–Kier alpha value is -2.97. The summed E-state index contributed by atoms with van der Waals surface area (Å²) >= 11 is 0. The molecule has 5 N–H and O–H groups in total. The van der Waals surface area contributed by atoms with Crippen LogP contribution in [0.3, 0.4) is 0 Å². The third-order valence-corrected chi connectivity index (χ3v) is 3.36. The summed E-state index contributed by atoms with van der Waals surface area (Å²) in [6, 6.07) is 5.27. The number of rotatable bonds is 4. The van der Waals surface area contributed by atoms with Crippen molar-refractivity contribution in [2.24, 2.45) is 11.7 Å². The molecular formula is C15H20N4O5. The third kappa shape index (κ3) is 4.28. The molecule has 0 saturated heterocycles. The van der Waals surface area contributed by atoms with E-state index in [1.165, 1.54) is 0 Å². The maximum Gasteiger partial charge on any atom is 0.312 e. The average Bonchev–Trinajstić information content (AvgIpc) is 2.56. The molecule has 24 heavy (non-hydrogen) atoms. The number of carbonyl (C=O) groups is 3. The second kappa shape index (κ2) is 7.53. The fourth-order valence-electron chi connectivity index (χ4n) is 2.12. The number of nitrogens with two attached hydrogens (primary N) is 1. The summed E-state index contributed by atoms with van der Waals surface area (Å²) in [7, 11) is 0. The molecule has 130 valence electrons. The van der Waals surface area contributed by atoms with Crippen LogP contribution in [0.25, 0.3) is 0 Å². The first-order valence-electron chi connectivity index (χ1n) is 7.42. The van der Waals surface area contributed by atoms with Gasteiger partial charge in [0.05, 0.1) is 0 Å². The second-order valence-corrected chi connectivity index (χ2v) is 5.57. The molecule has 1 aliphatic rings. The molecule has 0 bridgehead atoms. The van der Waals surface area contributed by atoms with Gasteiger partial charge in [-0.3, -0.25) is 20.4 Å². The summed E-state index contributed by atoms with van der Waals surface area (Å²) in [6.07, 6.45) is -0.901. The number of para-hydroxylation sites is 2. The lowest BCUT2D eigenvalue weighted by Gasteiger charge is -2.26. The van der Waals surface area contributed by atoms with E-state index >= 15 is 0 Å².